The highest BCUT2D eigenvalue weighted by molar-refractivity contribution is 7.13. The number of halogens is 4. The lowest BCUT2D eigenvalue weighted by molar-refractivity contribution is -0.138. The second-order valence-electron chi connectivity index (χ2n) is 11.9. The van der Waals surface area contributed by atoms with Crippen LogP contribution in [-0.2, 0) is 10.9 Å². The van der Waals surface area contributed by atoms with Gasteiger partial charge in [-0.2, -0.15) is 23.4 Å². The molecule has 0 bridgehead atoms. The van der Waals surface area contributed by atoms with Gasteiger partial charge in [0.25, 0.3) is 5.91 Å². The number of carbonyl (C=O) groups is 2. The highest BCUT2D eigenvalue weighted by Gasteiger charge is 2.41. The van der Waals surface area contributed by atoms with E-state index < -0.39 is 40.9 Å². The standard InChI is InChI=1S/C32H32F4N6O4S/c1-31(2,3)46-30(44)37-15-19-6-5-13-42(17-19)27-23(40-28(43)24-18-47-29(41-24)20-11-12-38-39-16-20)9-10-25(26(27)32(34,35)36)45-22-8-4-7-21(33)14-22/h4,7-12,14,16,18-19H,5-6,13,15,17H2,1-3H3,(H,37,44)(H,40,43)/t19-/m0/s1. The summed E-state index contributed by atoms with van der Waals surface area (Å²) in [5, 5.41) is 14.8. The number of anilines is 2. The normalized spacial score (nSPS) is 15.2. The molecule has 248 valence electrons. The molecule has 2 aromatic carbocycles. The van der Waals surface area contributed by atoms with Crippen molar-refractivity contribution in [3.8, 4) is 22.1 Å². The summed E-state index contributed by atoms with van der Waals surface area (Å²) in [6.45, 7) is 5.70. The maximum atomic E-state index is 15.0. The molecule has 10 nitrogen and oxygen atoms in total. The third-order valence-electron chi connectivity index (χ3n) is 7.03. The first kappa shape index (κ1) is 33.6. The molecule has 1 saturated heterocycles. The number of thiazole rings is 1. The second-order valence-corrected chi connectivity index (χ2v) is 12.7. The van der Waals surface area contributed by atoms with Crippen LogP contribution in [0.2, 0.25) is 0 Å². The molecule has 0 unspecified atom stereocenters. The lowest BCUT2D eigenvalue weighted by Gasteiger charge is -2.37. The number of piperidine rings is 1. The Morgan fingerprint density at radius 2 is 1.91 bits per heavy atom. The number of rotatable bonds is 8. The minimum atomic E-state index is -4.94. The smallest absolute Gasteiger partial charge is 0.422 e. The third-order valence-corrected chi connectivity index (χ3v) is 7.92. The Bertz CT molecular complexity index is 1730. The zero-order valence-corrected chi connectivity index (χ0v) is 26.5. The average Bonchev–Trinajstić information content (AvgIpc) is 3.51. The SMILES string of the molecule is CC(C)(C)OC(=O)NC[C@@H]1CCCN(c2c(NC(=O)c3csc(-c4ccnnc4)n3)ccc(Oc3cccc(F)c3)c2C(F)(F)F)C1. The van der Waals surface area contributed by atoms with Crippen LogP contribution in [0.5, 0.6) is 11.5 Å². The third kappa shape index (κ3) is 8.73. The Labute approximate surface area is 272 Å². The van der Waals surface area contributed by atoms with Crippen molar-refractivity contribution in [2.75, 3.05) is 29.9 Å². The quantitative estimate of drug-likeness (QED) is 0.184. The predicted molar refractivity (Wildman–Crippen MR) is 168 cm³/mol. The second kappa shape index (κ2) is 13.9. The molecule has 2 amide bonds. The molecular weight excluding hydrogens is 640 g/mol. The van der Waals surface area contributed by atoms with E-state index in [0.717, 1.165) is 18.2 Å². The molecule has 1 fully saturated rings. The van der Waals surface area contributed by atoms with Gasteiger partial charge in [-0.15, -0.1) is 11.3 Å². The molecular formula is C32H32F4N6O4S. The van der Waals surface area contributed by atoms with Gasteiger partial charge in [-0.25, -0.2) is 14.2 Å². The first-order chi connectivity index (χ1) is 22.3. The number of carbonyl (C=O) groups excluding carboxylic acids is 2. The van der Waals surface area contributed by atoms with Crippen LogP contribution in [-0.4, -0.2) is 52.4 Å². The Morgan fingerprint density at radius 1 is 1.11 bits per heavy atom. The molecule has 0 aliphatic carbocycles. The molecule has 3 heterocycles. The van der Waals surface area contributed by atoms with E-state index in [-0.39, 0.29) is 48.4 Å². The van der Waals surface area contributed by atoms with E-state index in [1.165, 1.54) is 52.2 Å². The number of aromatic nitrogens is 3. The van der Waals surface area contributed by atoms with Crippen molar-refractivity contribution in [2.24, 2.45) is 5.92 Å². The van der Waals surface area contributed by atoms with Crippen LogP contribution in [0, 0.1) is 11.7 Å². The van der Waals surface area contributed by atoms with Crippen LogP contribution < -0.4 is 20.3 Å². The van der Waals surface area contributed by atoms with E-state index in [0.29, 0.717) is 23.4 Å². The maximum absolute atomic E-state index is 15.0. The van der Waals surface area contributed by atoms with E-state index >= 15 is 0 Å². The molecule has 2 N–H and O–H groups in total. The van der Waals surface area contributed by atoms with Gasteiger partial charge in [0.15, 0.2) is 0 Å². The van der Waals surface area contributed by atoms with Crippen LogP contribution in [0.1, 0.15) is 49.7 Å². The minimum absolute atomic E-state index is 0.000473. The first-order valence-electron chi connectivity index (χ1n) is 14.7. The molecule has 0 saturated carbocycles. The molecule has 0 radical (unpaired) electrons. The first-order valence-corrected chi connectivity index (χ1v) is 15.6. The van der Waals surface area contributed by atoms with Crippen molar-refractivity contribution >= 4 is 34.7 Å². The largest absolute Gasteiger partial charge is 0.457 e. The van der Waals surface area contributed by atoms with Gasteiger partial charge in [-0.1, -0.05) is 6.07 Å². The summed E-state index contributed by atoms with van der Waals surface area (Å²) in [6, 6.07) is 8.87. The monoisotopic (exact) mass is 672 g/mol. The molecule has 47 heavy (non-hydrogen) atoms. The summed E-state index contributed by atoms with van der Waals surface area (Å²) in [4.78, 5) is 31.5. The van der Waals surface area contributed by atoms with Gasteiger partial charge >= 0.3 is 12.3 Å². The van der Waals surface area contributed by atoms with Gasteiger partial charge in [0.05, 0.1) is 23.8 Å². The van der Waals surface area contributed by atoms with E-state index in [2.05, 4.69) is 25.8 Å². The number of ether oxygens (including phenoxy) is 2. The van der Waals surface area contributed by atoms with Gasteiger partial charge in [-0.05, 0) is 69.9 Å². The highest BCUT2D eigenvalue weighted by atomic mass is 32.1. The Morgan fingerprint density at radius 3 is 2.62 bits per heavy atom. The van der Waals surface area contributed by atoms with E-state index in [4.69, 9.17) is 9.47 Å². The topological polar surface area (TPSA) is 119 Å². The number of nitrogens with zero attached hydrogens (tertiary/aromatic N) is 4. The summed E-state index contributed by atoms with van der Waals surface area (Å²) < 4.78 is 69.8. The molecule has 1 atom stereocenters. The van der Waals surface area contributed by atoms with Crippen molar-refractivity contribution in [1.82, 2.24) is 20.5 Å². The molecule has 5 rings (SSSR count). The Balaban J connectivity index is 1.49. The van der Waals surface area contributed by atoms with Crippen molar-refractivity contribution < 1.29 is 36.6 Å². The molecule has 0 spiro atoms. The van der Waals surface area contributed by atoms with Crippen LogP contribution in [0.25, 0.3) is 10.6 Å². The molecule has 15 heteroatoms. The summed E-state index contributed by atoms with van der Waals surface area (Å²) >= 11 is 1.17. The number of amides is 2. The van der Waals surface area contributed by atoms with Crippen molar-refractivity contribution in [2.45, 2.75) is 45.4 Å². The van der Waals surface area contributed by atoms with Crippen LogP contribution in [0.15, 0.2) is 60.2 Å². The summed E-state index contributed by atoms with van der Waals surface area (Å²) in [6.07, 6.45) is -1.47. The van der Waals surface area contributed by atoms with E-state index in [1.54, 1.807) is 26.8 Å². The predicted octanol–water partition coefficient (Wildman–Crippen LogP) is 7.54. The van der Waals surface area contributed by atoms with Gasteiger partial charge in [-0.3, -0.25) is 4.79 Å². The minimum Gasteiger partial charge on any atom is -0.457 e. The van der Waals surface area contributed by atoms with E-state index in [9.17, 15) is 27.2 Å². The van der Waals surface area contributed by atoms with Crippen LogP contribution >= 0.6 is 11.3 Å². The van der Waals surface area contributed by atoms with Crippen LogP contribution in [0.4, 0.5) is 33.7 Å². The zero-order chi connectivity index (χ0) is 33.8. The van der Waals surface area contributed by atoms with Gasteiger partial charge in [0.2, 0.25) is 0 Å². The molecule has 2 aromatic heterocycles. The zero-order valence-electron chi connectivity index (χ0n) is 25.7. The van der Waals surface area contributed by atoms with Crippen LogP contribution in [0.3, 0.4) is 0 Å². The number of hydrogen-bond acceptors (Lipinski definition) is 9. The summed E-state index contributed by atoms with van der Waals surface area (Å²) in [7, 11) is 0. The Kier molecular flexibility index (Phi) is 9.94. The fraction of sp³-hybridized carbons (Fsp3) is 0.344. The lowest BCUT2D eigenvalue weighted by atomic mass is 9.96. The summed E-state index contributed by atoms with van der Waals surface area (Å²) in [5.41, 5.74) is -1.65. The fourth-order valence-corrected chi connectivity index (χ4v) is 5.90. The number of alkyl carbamates (subject to hydrolysis) is 1. The summed E-state index contributed by atoms with van der Waals surface area (Å²) in [5.74, 6) is -2.32. The number of alkyl halides is 3. The highest BCUT2D eigenvalue weighted by Crippen LogP contribution is 2.48. The van der Waals surface area contributed by atoms with Gasteiger partial charge in [0, 0.05) is 36.6 Å². The van der Waals surface area contributed by atoms with Crippen molar-refractivity contribution in [1.29, 1.82) is 0 Å². The lowest BCUT2D eigenvalue weighted by Crippen LogP contribution is -2.43. The number of hydrogen-bond donors (Lipinski definition) is 2. The van der Waals surface area contributed by atoms with Crippen molar-refractivity contribution in [3.05, 3.63) is 77.3 Å². The van der Waals surface area contributed by atoms with Crippen molar-refractivity contribution in [3.63, 3.8) is 0 Å². The number of nitrogens with one attached hydrogen (secondary N) is 2. The number of benzene rings is 2. The molecule has 1 aliphatic heterocycles. The maximum Gasteiger partial charge on any atom is 0.422 e. The Hall–Kier alpha value is -4.79. The average molecular weight is 673 g/mol. The molecule has 1 aliphatic rings. The molecule has 4 aromatic rings. The van der Waals surface area contributed by atoms with Gasteiger partial charge in [0.1, 0.15) is 39.2 Å². The van der Waals surface area contributed by atoms with E-state index in [1.807, 2.05) is 0 Å². The van der Waals surface area contributed by atoms with Gasteiger partial charge < -0.3 is 25.0 Å². The fourth-order valence-electron chi connectivity index (χ4n) is 5.11.